The van der Waals surface area contributed by atoms with Crippen molar-refractivity contribution in [2.75, 3.05) is 0 Å². The normalized spacial score (nSPS) is 36.8. The molecule has 4 rings (SSSR count). The maximum Gasteiger partial charge on any atom is 0.0470 e. The van der Waals surface area contributed by atoms with E-state index in [0.717, 1.165) is 16.7 Å². The Hall–Kier alpha value is -1.99. The number of thioether (sulfide) groups is 1. The van der Waals surface area contributed by atoms with Gasteiger partial charge >= 0.3 is 0 Å². The van der Waals surface area contributed by atoms with Crippen molar-refractivity contribution in [3.8, 4) is 0 Å². The maximum atomic E-state index is 9.52. The SMILES string of the molecule is [2H]C1(c2ccccc2)CC([2H])(c2ccccc2)C(C)C([2H])(c2ccccc2)S1. The largest absolute Gasteiger partial charge is 0.145 e. The molecule has 4 atom stereocenters. The average molecular weight is 348 g/mol. The van der Waals surface area contributed by atoms with Gasteiger partial charge in [-0.2, -0.15) is 0 Å². The predicted octanol–water partition coefficient (Wildman–Crippen LogP) is 7.03. The molecule has 1 fully saturated rings. The van der Waals surface area contributed by atoms with Gasteiger partial charge in [-0.05, 0) is 34.9 Å². The molecular weight excluding hydrogens is 320 g/mol. The van der Waals surface area contributed by atoms with E-state index in [2.05, 4.69) is 0 Å². The van der Waals surface area contributed by atoms with Gasteiger partial charge in [-0.1, -0.05) is 97.9 Å². The zero-order valence-corrected chi connectivity index (χ0v) is 15.2. The van der Waals surface area contributed by atoms with Gasteiger partial charge in [0.1, 0.15) is 0 Å². The van der Waals surface area contributed by atoms with Crippen molar-refractivity contribution in [2.45, 2.75) is 29.7 Å². The van der Waals surface area contributed by atoms with E-state index < -0.39 is 16.3 Å². The summed E-state index contributed by atoms with van der Waals surface area (Å²) in [5.74, 6) is -1.33. The first-order valence-electron chi connectivity index (χ1n) is 10.3. The quantitative estimate of drug-likeness (QED) is 0.490. The molecule has 0 N–H and O–H groups in total. The highest BCUT2D eigenvalue weighted by Crippen LogP contribution is 2.57. The minimum absolute atomic E-state index is 0.294. The second-order valence-electron chi connectivity index (χ2n) is 6.41. The summed E-state index contributed by atoms with van der Waals surface area (Å²) in [5, 5.41) is -2.18. The summed E-state index contributed by atoms with van der Waals surface area (Å²) in [4.78, 5) is 0. The molecule has 3 aromatic carbocycles. The topological polar surface area (TPSA) is 0 Å². The van der Waals surface area contributed by atoms with Gasteiger partial charge in [0.05, 0.1) is 0 Å². The molecule has 0 aromatic heterocycles. The summed E-state index contributed by atoms with van der Waals surface area (Å²) in [6, 6.07) is 29.2. The summed E-state index contributed by atoms with van der Waals surface area (Å²) in [6.07, 6.45) is 0.341. The van der Waals surface area contributed by atoms with Gasteiger partial charge in [0, 0.05) is 14.6 Å². The highest BCUT2D eigenvalue weighted by Gasteiger charge is 2.37. The Morgan fingerprint density at radius 3 is 1.76 bits per heavy atom. The Balaban J connectivity index is 1.91. The first-order chi connectivity index (χ1) is 13.4. The zero-order valence-electron chi connectivity index (χ0n) is 17.4. The Kier molecular flexibility index (Phi) is 3.97. The highest BCUT2D eigenvalue weighted by molar-refractivity contribution is 7.99. The van der Waals surface area contributed by atoms with Crippen molar-refractivity contribution in [3.63, 3.8) is 0 Å². The fraction of sp³-hybridized carbons (Fsp3) is 0.250. The lowest BCUT2D eigenvalue weighted by molar-refractivity contribution is 0.402. The molecule has 3 aromatic rings. The summed E-state index contributed by atoms with van der Waals surface area (Å²) in [7, 11) is 0. The van der Waals surface area contributed by atoms with Crippen LogP contribution in [0.5, 0.6) is 0 Å². The van der Waals surface area contributed by atoms with Crippen LogP contribution >= 0.6 is 11.8 Å². The molecule has 25 heavy (non-hydrogen) atoms. The molecule has 0 nitrogen and oxygen atoms in total. The van der Waals surface area contributed by atoms with E-state index in [4.69, 9.17) is 0 Å². The molecule has 0 radical (unpaired) electrons. The third-order valence-electron chi connectivity index (χ3n) is 4.80. The van der Waals surface area contributed by atoms with Crippen molar-refractivity contribution in [1.82, 2.24) is 0 Å². The highest BCUT2D eigenvalue weighted by atomic mass is 32.2. The van der Waals surface area contributed by atoms with Crippen LogP contribution in [0, 0.1) is 5.92 Å². The van der Waals surface area contributed by atoms with Gasteiger partial charge in [-0.3, -0.25) is 0 Å². The Labute approximate surface area is 159 Å². The van der Waals surface area contributed by atoms with Crippen molar-refractivity contribution >= 4 is 11.8 Å². The van der Waals surface area contributed by atoms with Gasteiger partial charge in [-0.25, -0.2) is 0 Å². The Morgan fingerprint density at radius 1 is 0.720 bits per heavy atom. The molecule has 0 bridgehead atoms. The zero-order chi connectivity index (χ0) is 19.8. The van der Waals surface area contributed by atoms with E-state index in [9.17, 15) is 4.11 Å². The second-order valence-corrected chi connectivity index (χ2v) is 7.55. The van der Waals surface area contributed by atoms with E-state index in [1.54, 1.807) is 0 Å². The average Bonchev–Trinajstić information content (AvgIpc) is 2.74. The van der Waals surface area contributed by atoms with Gasteiger partial charge < -0.3 is 0 Å². The number of rotatable bonds is 3. The molecule has 1 heterocycles. The maximum absolute atomic E-state index is 9.52. The molecule has 0 aliphatic carbocycles. The molecule has 0 spiro atoms. The van der Waals surface area contributed by atoms with Crippen LogP contribution in [0.15, 0.2) is 91.0 Å². The Bertz CT molecular complexity index is 876. The fourth-order valence-corrected chi connectivity index (χ4v) is 4.76. The molecule has 4 unspecified atom stereocenters. The van der Waals surface area contributed by atoms with Crippen LogP contribution < -0.4 is 0 Å². The van der Waals surface area contributed by atoms with Crippen LogP contribution in [-0.4, -0.2) is 0 Å². The smallest absolute Gasteiger partial charge is 0.0470 e. The van der Waals surface area contributed by atoms with Crippen LogP contribution in [0.3, 0.4) is 0 Å². The van der Waals surface area contributed by atoms with Crippen LogP contribution in [0.4, 0.5) is 0 Å². The van der Waals surface area contributed by atoms with Gasteiger partial charge in [-0.15, -0.1) is 11.8 Å². The third kappa shape index (κ3) is 3.52. The summed E-state index contributed by atoms with van der Waals surface area (Å²) in [6.45, 7) is 2.00. The minimum Gasteiger partial charge on any atom is -0.145 e. The van der Waals surface area contributed by atoms with E-state index in [1.807, 2.05) is 97.9 Å². The summed E-state index contributed by atoms with van der Waals surface area (Å²) >= 11 is 1.36. The van der Waals surface area contributed by atoms with Gasteiger partial charge in [0.15, 0.2) is 0 Å². The predicted molar refractivity (Wildman–Crippen MR) is 109 cm³/mol. The number of benzene rings is 3. The lowest BCUT2D eigenvalue weighted by atomic mass is 9.79. The molecule has 1 aliphatic heterocycles. The standard InChI is InChI=1S/C24H24S/c1-18-22(19-11-5-2-6-12-19)17-23(20-13-7-3-8-14-20)25-24(18)21-15-9-4-10-16-21/h2-16,18,22-24H,17H2,1H3/i22D,23D,24D. The third-order valence-corrected chi connectivity index (χ3v) is 6.23. The molecule has 126 valence electrons. The van der Waals surface area contributed by atoms with Crippen molar-refractivity contribution in [3.05, 3.63) is 108 Å². The number of hydrogen-bond donors (Lipinski definition) is 0. The van der Waals surface area contributed by atoms with E-state index in [0.29, 0.717) is 6.42 Å². The van der Waals surface area contributed by atoms with Crippen LogP contribution in [0.2, 0.25) is 0 Å². The molecule has 1 aliphatic rings. The van der Waals surface area contributed by atoms with Crippen LogP contribution in [-0.2, 0) is 0 Å². The van der Waals surface area contributed by atoms with Crippen molar-refractivity contribution in [2.24, 2.45) is 5.92 Å². The van der Waals surface area contributed by atoms with Crippen molar-refractivity contribution < 1.29 is 4.11 Å². The monoisotopic (exact) mass is 347 g/mol. The van der Waals surface area contributed by atoms with Gasteiger partial charge in [0.25, 0.3) is 0 Å². The molecular formula is C24H24S. The van der Waals surface area contributed by atoms with E-state index in [1.165, 1.54) is 11.8 Å². The lowest BCUT2D eigenvalue weighted by Crippen LogP contribution is -2.24. The fourth-order valence-electron chi connectivity index (χ4n) is 3.44. The molecule has 0 amide bonds. The van der Waals surface area contributed by atoms with Gasteiger partial charge in [0.2, 0.25) is 0 Å². The molecule has 1 heteroatoms. The van der Waals surface area contributed by atoms with Crippen molar-refractivity contribution in [1.29, 1.82) is 0 Å². The Morgan fingerprint density at radius 2 is 1.20 bits per heavy atom. The van der Waals surface area contributed by atoms with E-state index in [-0.39, 0.29) is 5.92 Å². The molecule has 1 saturated heterocycles. The first-order valence-corrected chi connectivity index (χ1v) is 9.57. The van der Waals surface area contributed by atoms with Crippen LogP contribution in [0.25, 0.3) is 0 Å². The number of hydrogen-bond acceptors (Lipinski definition) is 1. The first kappa shape index (κ1) is 13.2. The summed E-state index contributed by atoms with van der Waals surface area (Å²) < 4.78 is 28.4. The minimum atomic E-state index is -1.10. The van der Waals surface area contributed by atoms with Crippen LogP contribution in [0.1, 0.15) is 50.5 Å². The molecule has 0 saturated carbocycles. The second kappa shape index (κ2) is 7.49. The van der Waals surface area contributed by atoms with E-state index >= 15 is 0 Å². The summed E-state index contributed by atoms with van der Waals surface area (Å²) in [5.41, 5.74) is 2.59. The lowest BCUT2D eigenvalue weighted by Gasteiger charge is -2.41.